The fourth-order valence-electron chi connectivity index (χ4n) is 2.47. The van der Waals surface area contributed by atoms with Crippen molar-refractivity contribution in [3.8, 4) is 0 Å². The van der Waals surface area contributed by atoms with Crippen LogP contribution < -0.4 is 0 Å². The lowest BCUT2D eigenvalue weighted by Gasteiger charge is -2.06. The topological polar surface area (TPSA) is 30.0 Å². The Morgan fingerprint density at radius 3 is 2.80 bits per heavy atom. The monoisotopic (exact) mass is 261 g/mol. The van der Waals surface area contributed by atoms with Crippen molar-refractivity contribution >= 4 is 16.6 Å². The number of hydrogen-bond acceptors (Lipinski definition) is 2. The summed E-state index contributed by atoms with van der Waals surface area (Å²) in [6.07, 6.45) is 3.95. The standard InChI is InChI=1S/C18H15NO/c1-13-4-2-5-14(10-13)11-18(20)17-7-3-6-15-12-19-9-8-16(15)17/h2-10,12H,11H2,1H3. The number of carbonyl (C=O) groups excluding carboxylic acids is 1. The third-order valence-corrected chi connectivity index (χ3v) is 3.43. The fourth-order valence-corrected chi connectivity index (χ4v) is 2.47. The predicted octanol–water partition coefficient (Wildman–Crippen LogP) is 3.97. The second-order valence-electron chi connectivity index (χ2n) is 4.99. The summed E-state index contributed by atoms with van der Waals surface area (Å²) in [6.45, 7) is 2.04. The number of nitrogens with zero attached hydrogens (tertiary/aromatic N) is 1. The summed E-state index contributed by atoms with van der Waals surface area (Å²) < 4.78 is 0. The first-order valence-electron chi connectivity index (χ1n) is 6.65. The Bertz CT molecular complexity index is 772. The smallest absolute Gasteiger partial charge is 0.167 e. The van der Waals surface area contributed by atoms with Crippen molar-refractivity contribution in [1.29, 1.82) is 0 Å². The molecule has 1 aromatic heterocycles. The van der Waals surface area contributed by atoms with Crippen molar-refractivity contribution in [2.75, 3.05) is 0 Å². The molecule has 0 spiro atoms. The SMILES string of the molecule is Cc1cccc(CC(=O)c2cccc3cnccc23)c1. The van der Waals surface area contributed by atoms with Gasteiger partial charge in [-0.2, -0.15) is 0 Å². The molecule has 3 aromatic rings. The molecule has 0 aliphatic rings. The zero-order chi connectivity index (χ0) is 13.9. The molecule has 3 rings (SSSR count). The van der Waals surface area contributed by atoms with E-state index in [-0.39, 0.29) is 5.78 Å². The Balaban J connectivity index is 1.97. The van der Waals surface area contributed by atoms with Crippen molar-refractivity contribution in [1.82, 2.24) is 4.98 Å². The molecule has 0 unspecified atom stereocenters. The van der Waals surface area contributed by atoms with Gasteiger partial charge in [0.15, 0.2) is 5.78 Å². The summed E-state index contributed by atoms with van der Waals surface area (Å²) in [6, 6.07) is 15.8. The number of hydrogen-bond donors (Lipinski definition) is 0. The zero-order valence-corrected chi connectivity index (χ0v) is 11.3. The van der Waals surface area contributed by atoms with Crippen LogP contribution in [0.15, 0.2) is 60.9 Å². The van der Waals surface area contributed by atoms with Gasteiger partial charge in [-0.1, -0.05) is 48.0 Å². The van der Waals surface area contributed by atoms with Crippen LogP contribution in [0.5, 0.6) is 0 Å². The van der Waals surface area contributed by atoms with Gasteiger partial charge in [0.05, 0.1) is 0 Å². The van der Waals surface area contributed by atoms with E-state index in [0.717, 1.165) is 21.9 Å². The van der Waals surface area contributed by atoms with Gasteiger partial charge in [0.1, 0.15) is 0 Å². The first kappa shape index (κ1) is 12.5. The average Bonchev–Trinajstić information content (AvgIpc) is 2.46. The van der Waals surface area contributed by atoms with Gasteiger partial charge in [-0.3, -0.25) is 9.78 Å². The van der Waals surface area contributed by atoms with Crippen LogP contribution in [0.3, 0.4) is 0 Å². The van der Waals surface area contributed by atoms with E-state index in [0.29, 0.717) is 6.42 Å². The molecule has 98 valence electrons. The van der Waals surface area contributed by atoms with Crippen LogP contribution in [0, 0.1) is 6.92 Å². The van der Waals surface area contributed by atoms with Crippen LogP contribution >= 0.6 is 0 Å². The fraction of sp³-hybridized carbons (Fsp3) is 0.111. The zero-order valence-electron chi connectivity index (χ0n) is 11.3. The van der Waals surface area contributed by atoms with E-state index < -0.39 is 0 Å². The third kappa shape index (κ3) is 2.45. The quantitative estimate of drug-likeness (QED) is 0.668. The minimum Gasteiger partial charge on any atom is -0.294 e. The molecule has 2 heteroatoms. The second-order valence-corrected chi connectivity index (χ2v) is 4.99. The minimum absolute atomic E-state index is 0.146. The first-order valence-corrected chi connectivity index (χ1v) is 6.65. The second kappa shape index (κ2) is 5.25. The number of aromatic nitrogens is 1. The molecule has 0 saturated carbocycles. The van der Waals surface area contributed by atoms with Crippen molar-refractivity contribution in [3.05, 3.63) is 77.6 Å². The molecule has 0 N–H and O–H groups in total. The molecule has 0 radical (unpaired) electrons. The van der Waals surface area contributed by atoms with Gasteiger partial charge < -0.3 is 0 Å². The summed E-state index contributed by atoms with van der Waals surface area (Å²) >= 11 is 0. The Morgan fingerprint density at radius 2 is 1.95 bits per heavy atom. The maximum absolute atomic E-state index is 12.5. The van der Waals surface area contributed by atoms with Crippen molar-refractivity contribution in [2.45, 2.75) is 13.3 Å². The van der Waals surface area contributed by atoms with Gasteiger partial charge in [-0.25, -0.2) is 0 Å². The van der Waals surface area contributed by atoms with Gasteiger partial charge in [-0.15, -0.1) is 0 Å². The number of Topliss-reactive ketones (excluding diaryl/α,β-unsaturated/α-hetero) is 1. The molecule has 0 aliphatic heterocycles. The Kier molecular flexibility index (Phi) is 3.30. The van der Waals surface area contributed by atoms with Crippen molar-refractivity contribution < 1.29 is 4.79 Å². The number of carbonyl (C=O) groups is 1. The van der Waals surface area contributed by atoms with Crippen LogP contribution in [0.25, 0.3) is 10.8 Å². The van der Waals surface area contributed by atoms with Crippen LogP contribution in [-0.2, 0) is 6.42 Å². The molecule has 20 heavy (non-hydrogen) atoms. The van der Waals surface area contributed by atoms with Crippen molar-refractivity contribution in [2.24, 2.45) is 0 Å². The lowest BCUT2D eigenvalue weighted by atomic mass is 9.98. The van der Waals surface area contributed by atoms with E-state index in [1.165, 1.54) is 5.56 Å². The molecular weight excluding hydrogens is 246 g/mol. The van der Waals surface area contributed by atoms with Crippen LogP contribution in [0.4, 0.5) is 0 Å². The number of fused-ring (bicyclic) bond motifs is 1. The molecule has 0 bridgehead atoms. The van der Waals surface area contributed by atoms with E-state index >= 15 is 0 Å². The molecule has 0 fully saturated rings. The highest BCUT2D eigenvalue weighted by molar-refractivity contribution is 6.08. The minimum atomic E-state index is 0.146. The Hall–Kier alpha value is -2.48. The van der Waals surface area contributed by atoms with E-state index in [9.17, 15) is 4.79 Å². The number of pyridine rings is 1. The summed E-state index contributed by atoms with van der Waals surface area (Å²) in [4.78, 5) is 16.6. The lowest BCUT2D eigenvalue weighted by molar-refractivity contribution is 0.0994. The maximum Gasteiger partial charge on any atom is 0.167 e. The van der Waals surface area contributed by atoms with E-state index in [1.807, 2.05) is 49.4 Å². The number of benzene rings is 2. The third-order valence-electron chi connectivity index (χ3n) is 3.43. The van der Waals surface area contributed by atoms with Gasteiger partial charge in [0.2, 0.25) is 0 Å². The van der Waals surface area contributed by atoms with Crippen LogP contribution in [0.1, 0.15) is 21.5 Å². The van der Waals surface area contributed by atoms with E-state index in [4.69, 9.17) is 0 Å². The van der Waals surface area contributed by atoms with Gasteiger partial charge >= 0.3 is 0 Å². The molecule has 0 amide bonds. The van der Waals surface area contributed by atoms with Gasteiger partial charge in [-0.05, 0) is 23.9 Å². The van der Waals surface area contributed by atoms with Crippen LogP contribution in [0.2, 0.25) is 0 Å². The highest BCUT2D eigenvalue weighted by Gasteiger charge is 2.10. The molecule has 0 saturated heterocycles. The van der Waals surface area contributed by atoms with E-state index in [2.05, 4.69) is 11.1 Å². The molecular formula is C18H15NO. The van der Waals surface area contributed by atoms with Crippen LogP contribution in [-0.4, -0.2) is 10.8 Å². The Labute approximate surface area is 118 Å². The molecule has 2 aromatic carbocycles. The van der Waals surface area contributed by atoms with Gasteiger partial charge in [0, 0.05) is 29.8 Å². The summed E-state index contributed by atoms with van der Waals surface area (Å²) in [5, 5.41) is 1.97. The predicted molar refractivity (Wildman–Crippen MR) is 81.0 cm³/mol. The summed E-state index contributed by atoms with van der Waals surface area (Å²) in [7, 11) is 0. The molecule has 2 nitrogen and oxygen atoms in total. The normalized spacial score (nSPS) is 10.7. The van der Waals surface area contributed by atoms with Gasteiger partial charge in [0.25, 0.3) is 0 Å². The first-order chi connectivity index (χ1) is 9.74. The molecule has 0 aliphatic carbocycles. The highest BCUT2D eigenvalue weighted by Crippen LogP contribution is 2.19. The number of rotatable bonds is 3. The molecule has 0 atom stereocenters. The summed E-state index contributed by atoms with van der Waals surface area (Å²) in [5.41, 5.74) is 3.00. The van der Waals surface area contributed by atoms with E-state index in [1.54, 1.807) is 12.4 Å². The maximum atomic E-state index is 12.5. The highest BCUT2D eigenvalue weighted by atomic mass is 16.1. The lowest BCUT2D eigenvalue weighted by Crippen LogP contribution is -2.04. The molecule has 1 heterocycles. The largest absolute Gasteiger partial charge is 0.294 e. The van der Waals surface area contributed by atoms with Crippen molar-refractivity contribution in [3.63, 3.8) is 0 Å². The number of aryl methyl sites for hydroxylation is 1. The average molecular weight is 261 g/mol. The Morgan fingerprint density at radius 1 is 1.10 bits per heavy atom. The summed E-state index contributed by atoms with van der Waals surface area (Å²) in [5.74, 6) is 0.146. The number of ketones is 1.